The molecule has 0 aromatic heterocycles. The fourth-order valence-corrected chi connectivity index (χ4v) is 2.60. The minimum Gasteiger partial charge on any atom is -0.486 e. The van der Waals surface area contributed by atoms with E-state index < -0.39 is 5.54 Å². The summed E-state index contributed by atoms with van der Waals surface area (Å²) in [6.45, 7) is 4.70. The van der Waals surface area contributed by atoms with Gasteiger partial charge in [-0.25, -0.2) is 0 Å². The molecule has 0 saturated carbocycles. The molecule has 1 aromatic carbocycles. The number of fused-ring (bicyclic) bond motifs is 1. The Balaban J connectivity index is 0.00000242. The summed E-state index contributed by atoms with van der Waals surface area (Å²) >= 11 is 0. The predicted molar refractivity (Wildman–Crippen MR) is 88.7 cm³/mol. The van der Waals surface area contributed by atoms with Crippen molar-refractivity contribution in [3.63, 3.8) is 0 Å². The van der Waals surface area contributed by atoms with Crippen LogP contribution in [0.5, 0.6) is 11.5 Å². The number of halogens is 1. The Bertz CT molecular complexity index is 508. The highest BCUT2D eigenvalue weighted by molar-refractivity contribution is 5.85. The van der Waals surface area contributed by atoms with E-state index in [1.54, 1.807) is 18.9 Å². The second kappa shape index (κ2) is 7.70. The molecular weight excluding hydrogens is 304 g/mol. The van der Waals surface area contributed by atoms with Crippen LogP contribution in [0.1, 0.15) is 26.7 Å². The Kier molecular flexibility index (Phi) is 6.50. The normalized spacial score (nSPS) is 18.8. The number of rotatable bonds is 5. The molecule has 0 radical (unpaired) electrons. The van der Waals surface area contributed by atoms with Crippen LogP contribution in [0.4, 0.5) is 0 Å². The summed E-state index contributed by atoms with van der Waals surface area (Å²) < 4.78 is 11.5. The molecule has 1 aliphatic rings. The van der Waals surface area contributed by atoms with E-state index in [1.165, 1.54) is 0 Å². The van der Waals surface area contributed by atoms with Gasteiger partial charge in [-0.15, -0.1) is 12.4 Å². The summed E-state index contributed by atoms with van der Waals surface area (Å²) in [6, 6.07) is 7.55. The first-order valence-corrected chi connectivity index (χ1v) is 7.37. The van der Waals surface area contributed by atoms with Crippen molar-refractivity contribution in [1.29, 1.82) is 0 Å². The average molecular weight is 329 g/mol. The van der Waals surface area contributed by atoms with Gasteiger partial charge in [-0.05, 0) is 25.5 Å². The lowest BCUT2D eigenvalue weighted by Gasteiger charge is -2.33. The summed E-state index contributed by atoms with van der Waals surface area (Å²) in [5.41, 5.74) is 5.27. The monoisotopic (exact) mass is 328 g/mol. The minimum absolute atomic E-state index is 0. The second-order valence-corrected chi connectivity index (χ2v) is 5.85. The van der Waals surface area contributed by atoms with E-state index in [9.17, 15) is 4.79 Å². The van der Waals surface area contributed by atoms with E-state index in [0.29, 0.717) is 19.6 Å². The van der Waals surface area contributed by atoms with Crippen LogP contribution < -0.4 is 15.2 Å². The lowest BCUT2D eigenvalue weighted by molar-refractivity contribution is -0.136. The minimum atomic E-state index is -0.822. The molecule has 0 fully saturated rings. The maximum atomic E-state index is 12.4. The number of para-hydroxylation sites is 2. The van der Waals surface area contributed by atoms with Gasteiger partial charge in [0.1, 0.15) is 6.61 Å². The van der Waals surface area contributed by atoms with E-state index in [4.69, 9.17) is 15.2 Å². The Morgan fingerprint density at radius 2 is 2.05 bits per heavy atom. The van der Waals surface area contributed by atoms with Crippen molar-refractivity contribution in [2.75, 3.05) is 20.2 Å². The van der Waals surface area contributed by atoms with Crippen LogP contribution in [0.25, 0.3) is 0 Å². The van der Waals surface area contributed by atoms with Gasteiger partial charge in [0.25, 0.3) is 0 Å². The van der Waals surface area contributed by atoms with Gasteiger partial charge in [-0.1, -0.05) is 25.5 Å². The molecule has 1 aliphatic heterocycles. The highest BCUT2D eigenvalue weighted by Gasteiger charge is 2.32. The van der Waals surface area contributed by atoms with Crippen LogP contribution in [-0.4, -0.2) is 42.6 Å². The zero-order valence-corrected chi connectivity index (χ0v) is 14.2. The third-order valence-corrected chi connectivity index (χ3v) is 3.65. The van der Waals surface area contributed by atoms with E-state index >= 15 is 0 Å². The van der Waals surface area contributed by atoms with Crippen molar-refractivity contribution in [2.24, 2.45) is 5.73 Å². The largest absolute Gasteiger partial charge is 0.486 e. The molecule has 0 bridgehead atoms. The van der Waals surface area contributed by atoms with Crippen LogP contribution >= 0.6 is 12.4 Å². The van der Waals surface area contributed by atoms with E-state index in [1.807, 2.05) is 31.2 Å². The highest BCUT2D eigenvalue weighted by Crippen LogP contribution is 2.31. The number of amides is 1. The number of hydrogen-bond donors (Lipinski definition) is 1. The molecule has 22 heavy (non-hydrogen) atoms. The molecule has 2 rings (SSSR count). The third-order valence-electron chi connectivity index (χ3n) is 3.65. The number of nitrogens with two attached hydrogens (primary N) is 1. The summed E-state index contributed by atoms with van der Waals surface area (Å²) in [4.78, 5) is 14.0. The number of ether oxygens (including phenoxy) is 2. The van der Waals surface area contributed by atoms with E-state index in [0.717, 1.165) is 17.9 Å². The van der Waals surface area contributed by atoms with Crippen LogP contribution in [0.2, 0.25) is 0 Å². The number of nitrogens with zero attached hydrogens (tertiary/aromatic N) is 1. The fourth-order valence-electron chi connectivity index (χ4n) is 2.60. The average Bonchev–Trinajstić information content (AvgIpc) is 2.46. The van der Waals surface area contributed by atoms with Gasteiger partial charge in [0.05, 0.1) is 12.1 Å². The number of carbonyl (C=O) groups excluding carboxylic acids is 1. The molecule has 1 heterocycles. The zero-order valence-electron chi connectivity index (χ0n) is 13.4. The quantitative estimate of drug-likeness (QED) is 0.900. The van der Waals surface area contributed by atoms with Gasteiger partial charge in [0.2, 0.25) is 5.91 Å². The molecule has 2 N–H and O–H groups in total. The smallest absolute Gasteiger partial charge is 0.242 e. The number of likely N-dealkylation sites (N-methyl/N-ethyl adjacent to an activating group) is 1. The predicted octanol–water partition coefficient (Wildman–Crippen LogP) is 2.22. The standard InChI is InChI=1S/C16H24N2O3.ClH/c1-4-9-16(2,17)15(19)18(3)10-12-11-20-13-7-5-6-8-14(13)21-12;/h5-8,12H,4,9-11,17H2,1-3H3;1H. The van der Waals surface area contributed by atoms with Crippen molar-refractivity contribution < 1.29 is 14.3 Å². The topological polar surface area (TPSA) is 64.8 Å². The van der Waals surface area contributed by atoms with Crippen molar-refractivity contribution in [1.82, 2.24) is 4.90 Å². The van der Waals surface area contributed by atoms with Gasteiger partial charge in [-0.3, -0.25) is 4.79 Å². The maximum Gasteiger partial charge on any atom is 0.242 e. The second-order valence-electron chi connectivity index (χ2n) is 5.85. The van der Waals surface area contributed by atoms with Crippen molar-refractivity contribution in [3.8, 4) is 11.5 Å². The number of hydrogen-bond acceptors (Lipinski definition) is 4. The SMILES string of the molecule is CCCC(C)(N)C(=O)N(C)CC1COc2ccccc2O1.Cl. The molecule has 0 spiro atoms. The van der Waals surface area contributed by atoms with Crippen LogP contribution in [0, 0.1) is 0 Å². The molecular formula is C16H25ClN2O3. The first-order chi connectivity index (χ1) is 9.94. The summed E-state index contributed by atoms with van der Waals surface area (Å²) in [5.74, 6) is 1.41. The lowest BCUT2D eigenvalue weighted by Crippen LogP contribution is -2.54. The Morgan fingerprint density at radius 1 is 1.41 bits per heavy atom. The summed E-state index contributed by atoms with van der Waals surface area (Å²) in [6.07, 6.45) is 1.37. The molecule has 1 amide bonds. The Morgan fingerprint density at radius 3 is 2.68 bits per heavy atom. The first-order valence-electron chi connectivity index (χ1n) is 7.37. The summed E-state index contributed by atoms with van der Waals surface area (Å²) in [5, 5.41) is 0. The molecule has 2 atom stereocenters. The maximum absolute atomic E-state index is 12.4. The van der Waals surface area contributed by atoms with Crippen molar-refractivity contribution in [3.05, 3.63) is 24.3 Å². The number of benzene rings is 1. The van der Waals surface area contributed by atoms with Crippen molar-refractivity contribution in [2.45, 2.75) is 38.3 Å². The van der Waals surface area contributed by atoms with E-state index in [2.05, 4.69) is 0 Å². The van der Waals surface area contributed by atoms with E-state index in [-0.39, 0.29) is 24.4 Å². The van der Waals surface area contributed by atoms with Gasteiger partial charge < -0.3 is 20.1 Å². The number of carbonyl (C=O) groups is 1. The van der Waals surface area contributed by atoms with Crippen LogP contribution in [0.15, 0.2) is 24.3 Å². The van der Waals surface area contributed by atoms with Crippen LogP contribution in [0.3, 0.4) is 0 Å². The molecule has 1 aromatic rings. The van der Waals surface area contributed by atoms with Crippen LogP contribution in [-0.2, 0) is 4.79 Å². The lowest BCUT2D eigenvalue weighted by atomic mass is 9.96. The molecule has 2 unspecified atom stereocenters. The van der Waals surface area contributed by atoms with Gasteiger partial charge in [0, 0.05) is 7.05 Å². The molecule has 5 nitrogen and oxygen atoms in total. The third kappa shape index (κ3) is 4.27. The Hall–Kier alpha value is -1.46. The zero-order chi connectivity index (χ0) is 15.5. The first kappa shape index (κ1) is 18.6. The fraction of sp³-hybridized carbons (Fsp3) is 0.562. The Labute approximate surface area is 138 Å². The molecule has 124 valence electrons. The molecule has 6 heteroatoms. The van der Waals surface area contributed by atoms with Gasteiger partial charge in [0.15, 0.2) is 17.6 Å². The summed E-state index contributed by atoms with van der Waals surface area (Å²) in [7, 11) is 1.76. The highest BCUT2D eigenvalue weighted by atomic mass is 35.5. The molecule has 0 aliphatic carbocycles. The molecule has 0 saturated heterocycles. The van der Waals surface area contributed by atoms with Gasteiger partial charge in [-0.2, -0.15) is 0 Å². The van der Waals surface area contributed by atoms with Gasteiger partial charge >= 0.3 is 0 Å². The van der Waals surface area contributed by atoms with Crippen molar-refractivity contribution >= 4 is 18.3 Å².